The Morgan fingerprint density at radius 1 is 1.00 bits per heavy atom. The fourth-order valence-electron chi connectivity index (χ4n) is 3.07. The van der Waals surface area contributed by atoms with E-state index in [0.29, 0.717) is 0 Å². The van der Waals surface area contributed by atoms with Crippen LogP contribution in [0.15, 0.2) is 76.7 Å². The Kier molecular flexibility index (Phi) is 5.48. The van der Waals surface area contributed by atoms with Crippen LogP contribution in [0.4, 0.5) is 0 Å². The van der Waals surface area contributed by atoms with Gasteiger partial charge in [-0.05, 0) is 66.9 Å². The van der Waals surface area contributed by atoms with Crippen molar-refractivity contribution in [3.05, 3.63) is 77.4 Å². The molecule has 0 radical (unpaired) electrons. The molecule has 136 valence electrons. The fourth-order valence-corrected chi connectivity index (χ4v) is 4.25. The Labute approximate surface area is 168 Å². The molecule has 0 unspecified atom stereocenters. The molecule has 4 aromatic rings. The molecule has 2 aromatic heterocycles. The topological polar surface area (TPSA) is 54.7 Å². The maximum atomic E-state index is 6.03. The molecule has 27 heavy (non-hydrogen) atoms. The molecule has 0 spiro atoms. The summed E-state index contributed by atoms with van der Waals surface area (Å²) in [6.45, 7) is 0.720. The fraction of sp³-hybridized carbons (Fsp3) is 0.136. The molecule has 0 aliphatic heterocycles. The first-order chi connectivity index (χ1) is 13.2. The highest BCUT2D eigenvalue weighted by Gasteiger charge is 2.15. The second-order valence-electron chi connectivity index (χ2n) is 6.37. The lowest BCUT2D eigenvalue weighted by Crippen LogP contribution is -2.00. The summed E-state index contributed by atoms with van der Waals surface area (Å²) in [5.41, 5.74) is 10.1. The lowest BCUT2D eigenvalue weighted by molar-refractivity contribution is 0.833. The van der Waals surface area contributed by atoms with E-state index in [9.17, 15) is 0 Å². The Morgan fingerprint density at radius 2 is 1.78 bits per heavy atom. The molecular formula is C22H20ClN3S. The number of nitrogens with zero attached hydrogens (tertiary/aromatic N) is 1. The summed E-state index contributed by atoms with van der Waals surface area (Å²) >= 11 is 7.76. The monoisotopic (exact) mass is 393 g/mol. The Morgan fingerprint density at radius 3 is 2.52 bits per heavy atom. The quantitative estimate of drug-likeness (QED) is 0.427. The molecule has 0 saturated heterocycles. The SMILES string of the molecule is NCCCc1ccc(-c2[nH]c3ncccc3c2Sc2ccc(Cl)cc2)cc1. The zero-order chi connectivity index (χ0) is 18.6. The zero-order valence-electron chi connectivity index (χ0n) is 14.8. The number of hydrogen-bond acceptors (Lipinski definition) is 3. The van der Waals surface area contributed by atoms with Gasteiger partial charge in [0.2, 0.25) is 0 Å². The summed E-state index contributed by atoms with van der Waals surface area (Å²) in [5.74, 6) is 0. The predicted octanol–water partition coefficient (Wildman–Crippen LogP) is 5.93. The number of benzene rings is 2. The van der Waals surface area contributed by atoms with Crippen molar-refractivity contribution < 1.29 is 0 Å². The van der Waals surface area contributed by atoms with Crippen LogP contribution in [0.5, 0.6) is 0 Å². The molecule has 0 aliphatic rings. The molecular weight excluding hydrogens is 374 g/mol. The highest BCUT2D eigenvalue weighted by Crippen LogP contribution is 2.40. The number of hydrogen-bond donors (Lipinski definition) is 2. The van der Waals surface area contributed by atoms with Gasteiger partial charge in [0.1, 0.15) is 5.65 Å². The summed E-state index contributed by atoms with van der Waals surface area (Å²) < 4.78 is 0. The van der Waals surface area contributed by atoms with Gasteiger partial charge in [0.15, 0.2) is 0 Å². The summed E-state index contributed by atoms with van der Waals surface area (Å²) in [5, 5.41) is 1.87. The van der Waals surface area contributed by atoms with Gasteiger partial charge in [-0.2, -0.15) is 0 Å². The van der Waals surface area contributed by atoms with E-state index < -0.39 is 0 Å². The van der Waals surface area contributed by atoms with Gasteiger partial charge in [-0.3, -0.25) is 0 Å². The maximum Gasteiger partial charge on any atom is 0.138 e. The van der Waals surface area contributed by atoms with E-state index >= 15 is 0 Å². The van der Waals surface area contributed by atoms with Crippen LogP contribution in [-0.4, -0.2) is 16.5 Å². The summed E-state index contributed by atoms with van der Waals surface area (Å²) in [7, 11) is 0. The molecule has 0 bridgehead atoms. The Hall–Kier alpha value is -2.27. The third kappa shape index (κ3) is 4.03. The molecule has 2 heterocycles. The van der Waals surface area contributed by atoms with Crippen molar-refractivity contribution >= 4 is 34.4 Å². The smallest absolute Gasteiger partial charge is 0.138 e. The molecule has 0 saturated carbocycles. The number of fused-ring (bicyclic) bond motifs is 1. The van der Waals surface area contributed by atoms with Crippen molar-refractivity contribution in [2.45, 2.75) is 22.6 Å². The van der Waals surface area contributed by atoms with Crippen LogP contribution in [0.1, 0.15) is 12.0 Å². The number of nitrogens with two attached hydrogens (primary N) is 1. The third-order valence-electron chi connectivity index (χ3n) is 4.47. The first kappa shape index (κ1) is 18.1. The lowest BCUT2D eigenvalue weighted by Gasteiger charge is -2.07. The van der Waals surface area contributed by atoms with Crippen LogP contribution >= 0.6 is 23.4 Å². The minimum Gasteiger partial charge on any atom is -0.338 e. The van der Waals surface area contributed by atoms with Crippen LogP contribution in [-0.2, 0) is 6.42 Å². The van der Waals surface area contributed by atoms with E-state index in [2.05, 4.69) is 40.3 Å². The first-order valence-electron chi connectivity index (χ1n) is 8.94. The van der Waals surface area contributed by atoms with E-state index in [4.69, 9.17) is 17.3 Å². The highest BCUT2D eigenvalue weighted by molar-refractivity contribution is 7.99. The second-order valence-corrected chi connectivity index (χ2v) is 7.89. The third-order valence-corrected chi connectivity index (χ3v) is 5.86. The van der Waals surface area contributed by atoms with Gasteiger partial charge in [-0.25, -0.2) is 4.98 Å². The predicted molar refractivity (Wildman–Crippen MR) is 114 cm³/mol. The minimum atomic E-state index is 0.720. The summed E-state index contributed by atoms with van der Waals surface area (Å²) in [6.07, 6.45) is 3.83. The summed E-state index contributed by atoms with van der Waals surface area (Å²) in [4.78, 5) is 10.3. The first-order valence-corrected chi connectivity index (χ1v) is 10.1. The van der Waals surface area contributed by atoms with Crippen molar-refractivity contribution in [1.29, 1.82) is 0 Å². The van der Waals surface area contributed by atoms with Crippen LogP contribution in [0.3, 0.4) is 0 Å². The molecule has 5 heteroatoms. The van der Waals surface area contributed by atoms with E-state index in [1.54, 1.807) is 11.8 Å². The van der Waals surface area contributed by atoms with Gasteiger partial charge >= 0.3 is 0 Å². The van der Waals surface area contributed by atoms with Gasteiger partial charge in [0.25, 0.3) is 0 Å². The number of rotatable bonds is 6. The molecule has 0 amide bonds. The molecule has 0 atom stereocenters. The standard InChI is InChI=1S/C22H20ClN3S/c23-17-9-11-18(12-10-17)27-21-19-4-2-14-25-22(19)26-20(21)16-7-5-15(6-8-16)3-1-13-24/h2,4-12,14H,1,3,13,24H2,(H,25,26). The Balaban J connectivity index is 1.74. The van der Waals surface area contributed by atoms with Gasteiger partial charge in [-0.1, -0.05) is 47.6 Å². The summed E-state index contributed by atoms with van der Waals surface area (Å²) in [6, 6.07) is 20.7. The highest BCUT2D eigenvalue weighted by atomic mass is 35.5. The number of pyridine rings is 1. The average molecular weight is 394 g/mol. The molecule has 3 nitrogen and oxygen atoms in total. The lowest BCUT2D eigenvalue weighted by atomic mass is 10.1. The number of aromatic amines is 1. The molecule has 0 aliphatic carbocycles. The van der Waals surface area contributed by atoms with E-state index in [-0.39, 0.29) is 0 Å². The van der Waals surface area contributed by atoms with Crippen LogP contribution in [0.2, 0.25) is 5.02 Å². The largest absolute Gasteiger partial charge is 0.338 e. The molecule has 0 fully saturated rings. The van der Waals surface area contributed by atoms with Gasteiger partial charge < -0.3 is 10.7 Å². The number of H-pyrrole nitrogens is 1. The van der Waals surface area contributed by atoms with Crippen molar-refractivity contribution in [2.24, 2.45) is 5.73 Å². The Bertz CT molecular complexity index is 1040. The van der Waals surface area contributed by atoms with Crippen molar-refractivity contribution in [3.63, 3.8) is 0 Å². The molecule has 4 rings (SSSR count). The van der Waals surface area contributed by atoms with Gasteiger partial charge in [0, 0.05) is 26.4 Å². The van der Waals surface area contributed by atoms with E-state index in [0.717, 1.165) is 51.6 Å². The molecule has 2 aromatic carbocycles. The minimum absolute atomic E-state index is 0.720. The normalized spacial score (nSPS) is 11.2. The average Bonchev–Trinajstić information content (AvgIpc) is 3.07. The van der Waals surface area contributed by atoms with Gasteiger partial charge in [-0.15, -0.1) is 0 Å². The van der Waals surface area contributed by atoms with E-state index in [1.165, 1.54) is 10.5 Å². The number of halogens is 1. The van der Waals surface area contributed by atoms with Crippen molar-refractivity contribution in [1.82, 2.24) is 9.97 Å². The second kappa shape index (κ2) is 8.17. The maximum absolute atomic E-state index is 6.03. The zero-order valence-corrected chi connectivity index (χ0v) is 16.4. The van der Waals surface area contributed by atoms with Crippen molar-refractivity contribution in [2.75, 3.05) is 6.54 Å². The van der Waals surface area contributed by atoms with Crippen molar-refractivity contribution in [3.8, 4) is 11.3 Å². The molecule has 3 N–H and O–H groups in total. The number of aromatic nitrogens is 2. The number of nitrogens with one attached hydrogen (secondary N) is 1. The van der Waals surface area contributed by atoms with Crippen LogP contribution < -0.4 is 5.73 Å². The van der Waals surface area contributed by atoms with E-state index in [1.807, 2.05) is 36.5 Å². The number of aryl methyl sites for hydroxylation is 1. The van der Waals surface area contributed by atoms with Gasteiger partial charge in [0.05, 0.1) is 5.69 Å². The van der Waals surface area contributed by atoms with Crippen LogP contribution in [0, 0.1) is 0 Å². The van der Waals surface area contributed by atoms with Crippen LogP contribution in [0.25, 0.3) is 22.3 Å².